The van der Waals surface area contributed by atoms with Crippen molar-refractivity contribution in [1.82, 2.24) is 14.0 Å². The third kappa shape index (κ3) is 5.20. The fourth-order valence-corrected chi connectivity index (χ4v) is 15.7. The molecule has 10 aromatic rings. The Morgan fingerprint density at radius 1 is 0.370 bits per heavy atom. The van der Waals surface area contributed by atoms with E-state index in [9.17, 15) is 0 Å². The summed E-state index contributed by atoms with van der Waals surface area (Å²) in [5.74, 6) is 0.919. The van der Waals surface area contributed by atoms with Crippen LogP contribution < -0.4 is 36.3 Å². The minimum atomic E-state index is -2.86. The molecular weight excluding hydrogens is 687 g/mol. The van der Waals surface area contributed by atoms with Crippen LogP contribution in [0.15, 0.2) is 218 Å². The van der Waals surface area contributed by atoms with E-state index < -0.39 is 16.9 Å². The number of fused-ring (bicyclic) bond motifs is 5. The predicted molar refractivity (Wildman–Crippen MR) is 231 cm³/mol. The van der Waals surface area contributed by atoms with E-state index >= 15 is 0 Å². The average Bonchev–Trinajstić information content (AvgIpc) is 3.78. The lowest BCUT2D eigenvalue weighted by molar-refractivity contribution is 1.11. The SMILES string of the molecule is c1ccc(-n2c3ccccc3n3c4cc([Si](c5ccccc5)(c5ccccc5)c5ccc([Si](c6ccccc6)c6ccccc6)cc5)ccc4nc23)cc1. The molecule has 1 radical (unpaired) electrons. The van der Waals surface area contributed by atoms with Crippen molar-refractivity contribution >= 4 is 81.0 Å². The number of nitrogens with zero attached hydrogens (tertiary/aromatic N) is 3. The molecule has 8 aromatic carbocycles. The zero-order valence-corrected chi connectivity index (χ0v) is 31.6. The molecular formula is C49H36N3Si2. The van der Waals surface area contributed by atoms with Gasteiger partial charge < -0.3 is 0 Å². The maximum absolute atomic E-state index is 5.30. The molecule has 0 aliphatic rings. The number of rotatable bonds is 8. The van der Waals surface area contributed by atoms with E-state index in [4.69, 9.17) is 4.98 Å². The fraction of sp³-hybridized carbons (Fsp3) is 0. The molecule has 10 rings (SSSR count). The third-order valence-electron chi connectivity index (χ3n) is 10.8. The van der Waals surface area contributed by atoms with E-state index in [0.717, 1.165) is 33.5 Å². The van der Waals surface area contributed by atoms with E-state index in [0.29, 0.717) is 0 Å². The van der Waals surface area contributed by atoms with Crippen molar-refractivity contribution in [3.05, 3.63) is 218 Å². The number of imidazole rings is 2. The molecule has 0 aliphatic carbocycles. The van der Waals surface area contributed by atoms with Crippen LogP contribution in [0.2, 0.25) is 0 Å². The van der Waals surface area contributed by atoms with Gasteiger partial charge in [0.1, 0.15) is 0 Å². The minimum Gasteiger partial charge on any atom is -0.278 e. The van der Waals surface area contributed by atoms with Crippen LogP contribution in [0.25, 0.3) is 33.5 Å². The first-order chi connectivity index (χ1) is 26.8. The number of para-hydroxylation sites is 3. The molecule has 0 saturated carbocycles. The minimum absolute atomic E-state index is 0.919. The van der Waals surface area contributed by atoms with Crippen molar-refractivity contribution < 1.29 is 0 Å². The highest BCUT2D eigenvalue weighted by molar-refractivity contribution is 7.20. The molecule has 3 nitrogen and oxygen atoms in total. The van der Waals surface area contributed by atoms with Crippen LogP contribution in [0.4, 0.5) is 0 Å². The summed E-state index contributed by atoms with van der Waals surface area (Å²) < 4.78 is 4.64. The quantitative estimate of drug-likeness (QED) is 0.133. The van der Waals surface area contributed by atoms with E-state index in [-0.39, 0.29) is 0 Å². The van der Waals surface area contributed by atoms with E-state index in [1.807, 2.05) is 0 Å². The summed E-state index contributed by atoms with van der Waals surface area (Å²) in [4.78, 5) is 5.30. The highest BCUT2D eigenvalue weighted by atomic mass is 28.3. The lowest BCUT2D eigenvalue weighted by atomic mass is 10.2. The maximum Gasteiger partial charge on any atom is 0.220 e. The highest BCUT2D eigenvalue weighted by Gasteiger charge is 2.42. The van der Waals surface area contributed by atoms with Crippen molar-refractivity contribution in [1.29, 1.82) is 0 Å². The fourth-order valence-electron chi connectivity index (χ4n) is 8.44. The Morgan fingerprint density at radius 3 is 1.39 bits per heavy atom. The van der Waals surface area contributed by atoms with Gasteiger partial charge in [-0.05, 0) is 57.1 Å². The zero-order valence-electron chi connectivity index (χ0n) is 29.6. The van der Waals surface area contributed by atoms with Gasteiger partial charge in [-0.15, -0.1) is 0 Å². The third-order valence-corrected chi connectivity index (χ3v) is 18.3. The average molecular weight is 723 g/mol. The first kappa shape index (κ1) is 32.1. The molecule has 0 atom stereocenters. The summed E-state index contributed by atoms with van der Waals surface area (Å²) >= 11 is 0. The molecule has 2 heterocycles. The van der Waals surface area contributed by atoms with Gasteiger partial charge in [0, 0.05) is 5.69 Å². The molecule has 0 bridgehead atoms. The molecule has 255 valence electrons. The van der Waals surface area contributed by atoms with Gasteiger partial charge in [-0.1, -0.05) is 198 Å². The Kier molecular flexibility index (Phi) is 8.01. The van der Waals surface area contributed by atoms with Crippen molar-refractivity contribution in [2.45, 2.75) is 0 Å². The Labute approximate surface area is 317 Å². The van der Waals surface area contributed by atoms with Crippen LogP contribution in [0, 0.1) is 0 Å². The predicted octanol–water partition coefficient (Wildman–Crippen LogP) is 6.33. The van der Waals surface area contributed by atoms with Gasteiger partial charge in [0.25, 0.3) is 0 Å². The summed E-state index contributed by atoms with van der Waals surface area (Å²) in [6, 6.07) is 80.5. The Balaban J connectivity index is 1.23. The molecule has 0 aliphatic heterocycles. The lowest BCUT2D eigenvalue weighted by Gasteiger charge is -2.34. The normalized spacial score (nSPS) is 11.9. The molecule has 0 unspecified atom stereocenters. The van der Waals surface area contributed by atoms with Crippen molar-refractivity contribution in [2.75, 3.05) is 0 Å². The van der Waals surface area contributed by atoms with Crippen LogP contribution in [0.1, 0.15) is 0 Å². The molecule has 2 aromatic heterocycles. The van der Waals surface area contributed by atoms with Gasteiger partial charge in [0.2, 0.25) is 5.78 Å². The highest BCUT2D eigenvalue weighted by Crippen LogP contribution is 2.29. The van der Waals surface area contributed by atoms with E-state index in [2.05, 4.69) is 227 Å². The van der Waals surface area contributed by atoms with Crippen molar-refractivity contribution in [3.8, 4) is 5.69 Å². The summed E-state index contributed by atoms with van der Waals surface area (Å²) in [6.07, 6.45) is 0. The Hall–Kier alpha value is -6.54. The van der Waals surface area contributed by atoms with Crippen LogP contribution in [0.5, 0.6) is 0 Å². The summed E-state index contributed by atoms with van der Waals surface area (Å²) in [5.41, 5.74) is 5.49. The smallest absolute Gasteiger partial charge is 0.220 e. The van der Waals surface area contributed by atoms with Crippen LogP contribution >= 0.6 is 0 Å². The summed E-state index contributed by atoms with van der Waals surface area (Å²) in [6.45, 7) is 0. The van der Waals surface area contributed by atoms with Gasteiger partial charge in [-0.25, -0.2) is 4.98 Å². The first-order valence-corrected chi connectivity index (χ1v) is 22.0. The molecule has 0 saturated heterocycles. The monoisotopic (exact) mass is 722 g/mol. The standard InChI is InChI=1S/C49H36N3Si2/c1-6-18-37(19-7-1)51-46-28-16-17-29-47(46)52-48-36-44(34-35-45(48)50-49(51)52)54(41-24-12-4-13-25-41,42-26-14-5-15-27-42)43-32-30-40(31-33-43)53(38-20-8-2-9-21-38)39-22-10-3-11-23-39/h1-36H. The molecule has 5 heteroatoms. The summed E-state index contributed by atoms with van der Waals surface area (Å²) in [7, 11) is -4.07. The van der Waals surface area contributed by atoms with Crippen molar-refractivity contribution in [3.63, 3.8) is 0 Å². The Bertz CT molecular complexity index is 2770. The summed E-state index contributed by atoms with van der Waals surface area (Å²) in [5, 5.41) is 9.56. The molecule has 0 fully saturated rings. The number of benzene rings is 8. The first-order valence-electron chi connectivity index (χ1n) is 18.5. The number of aromatic nitrogens is 3. The van der Waals surface area contributed by atoms with Gasteiger partial charge in [-0.3, -0.25) is 8.97 Å². The molecule has 0 spiro atoms. The van der Waals surface area contributed by atoms with Gasteiger partial charge in [-0.2, -0.15) is 0 Å². The number of hydrogen-bond acceptors (Lipinski definition) is 1. The lowest BCUT2D eigenvalue weighted by Crippen LogP contribution is -2.74. The van der Waals surface area contributed by atoms with Crippen molar-refractivity contribution in [2.24, 2.45) is 0 Å². The zero-order chi connectivity index (χ0) is 35.9. The van der Waals surface area contributed by atoms with Gasteiger partial charge in [0.15, 0.2) is 16.9 Å². The topological polar surface area (TPSA) is 22.2 Å². The van der Waals surface area contributed by atoms with Crippen LogP contribution in [0.3, 0.4) is 0 Å². The second-order valence-corrected chi connectivity index (χ2v) is 20.1. The van der Waals surface area contributed by atoms with E-state index in [1.165, 1.54) is 36.3 Å². The van der Waals surface area contributed by atoms with Gasteiger partial charge >= 0.3 is 0 Å². The van der Waals surface area contributed by atoms with Crippen LogP contribution in [-0.4, -0.2) is 30.8 Å². The van der Waals surface area contributed by atoms with Gasteiger partial charge in [0.05, 0.1) is 22.1 Å². The number of hydrogen-bond donors (Lipinski definition) is 0. The largest absolute Gasteiger partial charge is 0.278 e. The molecule has 0 N–H and O–H groups in total. The second kappa shape index (κ2) is 13.5. The molecule has 54 heavy (non-hydrogen) atoms. The van der Waals surface area contributed by atoms with E-state index in [1.54, 1.807) is 0 Å². The Morgan fingerprint density at radius 2 is 0.815 bits per heavy atom. The maximum atomic E-state index is 5.30. The second-order valence-electron chi connectivity index (χ2n) is 13.8. The molecule has 0 amide bonds. The van der Waals surface area contributed by atoms with Crippen LogP contribution in [-0.2, 0) is 0 Å².